The lowest BCUT2D eigenvalue weighted by molar-refractivity contribution is 0.417. The molecule has 0 aliphatic carbocycles. The van der Waals surface area contributed by atoms with E-state index in [1.54, 1.807) is 13.2 Å². The van der Waals surface area contributed by atoms with Crippen LogP contribution in [-0.2, 0) is 0 Å². The van der Waals surface area contributed by atoms with Gasteiger partial charge in [0, 0.05) is 11.5 Å². The third-order valence-electron chi connectivity index (χ3n) is 2.54. The van der Waals surface area contributed by atoms with Crippen molar-refractivity contribution in [2.45, 2.75) is 19.8 Å². The number of methoxy groups -OCH3 is 1. The first-order valence-corrected chi connectivity index (χ1v) is 5.48. The van der Waals surface area contributed by atoms with Gasteiger partial charge in [0.1, 0.15) is 11.6 Å². The molecule has 0 saturated heterocycles. The van der Waals surface area contributed by atoms with Gasteiger partial charge in [0.25, 0.3) is 0 Å². The Balaban J connectivity index is 2.38. The quantitative estimate of drug-likeness (QED) is 0.795. The topological polar surface area (TPSA) is 76.8 Å². The summed E-state index contributed by atoms with van der Waals surface area (Å²) >= 11 is 0. The fraction of sp³-hybridized carbons (Fsp3) is 0.333. The zero-order valence-electron chi connectivity index (χ0n) is 10.2. The zero-order chi connectivity index (χ0) is 12.4. The van der Waals surface area contributed by atoms with E-state index in [0.29, 0.717) is 23.2 Å². The van der Waals surface area contributed by atoms with Crippen LogP contribution in [0.25, 0.3) is 11.4 Å². The molecule has 0 radical (unpaired) electrons. The molecule has 0 atom stereocenters. The second kappa shape index (κ2) is 4.45. The Morgan fingerprint density at radius 2 is 2.12 bits per heavy atom. The number of nitrogens with zero attached hydrogens (tertiary/aromatic N) is 2. The number of hydrogen-bond acceptors (Lipinski definition) is 4. The maximum atomic E-state index is 5.76. The van der Waals surface area contributed by atoms with Crippen molar-refractivity contribution in [2.24, 2.45) is 0 Å². The standard InChI is InChI=1S/C12H16N4O/c1-7(2)11-14-12(16-15-11)8-4-5-9(13)10(6-8)17-3/h4-7H,13H2,1-3H3,(H,14,15,16). The van der Waals surface area contributed by atoms with Crippen molar-refractivity contribution in [1.29, 1.82) is 0 Å². The highest BCUT2D eigenvalue weighted by molar-refractivity contribution is 5.65. The molecule has 0 amide bonds. The molecular weight excluding hydrogens is 216 g/mol. The van der Waals surface area contributed by atoms with Gasteiger partial charge in [0.2, 0.25) is 0 Å². The van der Waals surface area contributed by atoms with Gasteiger partial charge in [-0.25, -0.2) is 4.98 Å². The summed E-state index contributed by atoms with van der Waals surface area (Å²) in [5.74, 6) is 2.49. The minimum Gasteiger partial charge on any atom is -0.495 e. The van der Waals surface area contributed by atoms with E-state index < -0.39 is 0 Å². The highest BCUT2D eigenvalue weighted by Gasteiger charge is 2.10. The van der Waals surface area contributed by atoms with E-state index in [1.165, 1.54) is 0 Å². The third kappa shape index (κ3) is 2.22. The molecule has 0 saturated carbocycles. The molecule has 0 unspecified atom stereocenters. The van der Waals surface area contributed by atoms with E-state index in [1.807, 2.05) is 12.1 Å². The fourth-order valence-electron chi connectivity index (χ4n) is 1.51. The number of aromatic amines is 1. The van der Waals surface area contributed by atoms with E-state index in [0.717, 1.165) is 11.4 Å². The molecule has 5 heteroatoms. The molecule has 1 aromatic heterocycles. The Morgan fingerprint density at radius 3 is 2.71 bits per heavy atom. The van der Waals surface area contributed by atoms with Crippen LogP contribution in [0.3, 0.4) is 0 Å². The lowest BCUT2D eigenvalue weighted by Crippen LogP contribution is -1.93. The Bertz CT molecular complexity index is 519. The minimum absolute atomic E-state index is 0.326. The van der Waals surface area contributed by atoms with E-state index in [4.69, 9.17) is 10.5 Å². The van der Waals surface area contributed by atoms with Crippen LogP contribution in [0, 0.1) is 0 Å². The molecule has 17 heavy (non-hydrogen) atoms. The Kier molecular flexibility index (Phi) is 2.99. The van der Waals surface area contributed by atoms with Crippen LogP contribution >= 0.6 is 0 Å². The molecule has 0 aliphatic heterocycles. The van der Waals surface area contributed by atoms with E-state index in [2.05, 4.69) is 29.0 Å². The Hall–Kier alpha value is -2.04. The van der Waals surface area contributed by atoms with Crippen LogP contribution in [0.5, 0.6) is 5.75 Å². The number of anilines is 1. The molecule has 3 N–H and O–H groups in total. The van der Waals surface area contributed by atoms with E-state index >= 15 is 0 Å². The minimum atomic E-state index is 0.326. The number of nitrogens with one attached hydrogen (secondary N) is 1. The van der Waals surface area contributed by atoms with Crippen LogP contribution in [-0.4, -0.2) is 22.3 Å². The van der Waals surface area contributed by atoms with Crippen LogP contribution in [0.1, 0.15) is 25.6 Å². The van der Waals surface area contributed by atoms with Crippen molar-refractivity contribution >= 4 is 5.69 Å². The predicted octanol–water partition coefficient (Wildman–Crippen LogP) is 2.19. The van der Waals surface area contributed by atoms with Gasteiger partial charge in [-0.05, 0) is 18.2 Å². The van der Waals surface area contributed by atoms with Crippen molar-refractivity contribution in [1.82, 2.24) is 15.2 Å². The van der Waals surface area contributed by atoms with Gasteiger partial charge in [0.05, 0.1) is 12.8 Å². The summed E-state index contributed by atoms with van der Waals surface area (Å²) in [6.45, 7) is 4.13. The fourth-order valence-corrected chi connectivity index (χ4v) is 1.51. The Morgan fingerprint density at radius 1 is 1.35 bits per heavy atom. The number of nitrogens with two attached hydrogens (primary N) is 1. The van der Waals surface area contributed by atoms with Gasteiger partial charge in [-0.15, -0.1) is 0 Å². The molecule has 2 aromatic rings. The van der Waals surface area contributed by atoms with E-state index in [9.17, 15) is 0 Å². The molecule has 0 spiro atoms. The average molecular weight is 232 g/mol. The van der Waals surface area contributed by atoms with Gasteiger partial charge < -0.3 is 10.5 Å². The Labute approximate surface area is 100 Å². The molecule has 0 bridgehead atoms. The molecule has 1 heterocycles. The molecule has 2 rings (SSSR count). The lowest BCUT2D eigenvalue weighted by atomic mass is 10.2. The van der Waals surface area contributed by atoms with Crippen molar-refractivity contribution in [3.8, 4) is 17.1 Å². The smallest absolute Gasteiger partial charge is 0.181 e. The van der Waals surface area contributed by atoms with Gasteiger partial charge in [-0.1, -0.05) is 13.8 Å². The summed E-state index contributed by atoms with van der Waals surface area (Å²) < 4.78 is 5.17. The highest BCUT2D eigenvalue weighted by Crippen LogP contribution is 2.27. The predicted molar refractivity (Wildman–Crippen MR) is 66.9 cm³/mol. The van der Waals surface area contributed by atoms with E-state index in [-0.39, 0.29) is 0 Å². The summed E-state index contributed by atoms with van der Waals surface area (Å²) in [5.41, 5.74) is 7.25. The second-order valence-corrected chi connectivity index (χ2v) is 4.16. The number of nitrogen functional groups attached to an aromatic ring is 1. The lowest BCUT2D eigenvalue weighted by Gasteiger charge is -2.05. The number of H-pyrrole nitrogens is 1. The number of hydrogen-bond donors (Lipinski definition) is 2. The first-order chi connectivity index (χ1) is 8.11. The number of ether oxygens (including phenoxy) is 1. The monoisotopic (exact) mass is 232 g/mol. The van der Waals surface area contributed by atoms with Gasteiger partial charge >= 0.3 is 0 Å². The highest BCUT2D eigenvalue weighted by atomic mass is 16.5. The first-order valence-electron chi connectivity index (χ1n) is 5.48. The van der Waals surface area contributed by atoms with Crippen molar-refractivity contribution in [3.63, 3.8) is 0 Å². The molecule has 0 aliphatic rings. The summed E-state index contributed by atoms with van der Waals surface area (Å²) in [5, 5.41) is 7.10. The van der Waals surface area contributed by atoms with Crippen molar-refractivity contribution in [2.75, 3.05) is 12.8 Å². The van der Waals surface area contributed by atoms with Gasteiger partial charge in [0.15, 0.2) is 5.82 Å². The average Bonchev–Trinajstić information content (AvgIpc) is 2.79. The molecule has 1 aromatic carbocycles. The van der Waals surface area contributed by atoms with Crippen LogP contribution in [0.4, 0.5) is 5.69 Å². The van der Waals surface area contributed by atoms with Crippen LogP contribution in [0.15, 0.2) is 18.2 Å². The third-order valence-corrected chi connectivity index (χ3v) is 2.54. The molecule has 5 nitrogen and oxygen atoms in total. The summed E-state index contributed by atoms with van der Waals surface area (Å²) in [6.07, 6.45) is 0. The van der Waals surface area contributed by atoms with Crippen molar-refractivity contribution < 1.29 is 4.74 Å². The number of aromatic nitrogens is 3. The largest absolute Gasteiger partial charge is 0.495 e. The summed E-state index contributed by atoms with van der Waals surface area (Å²) in [4.78, 5) is 4.42. The second-order valence-electron chi connectivity index (χ2n) is 4.16. The van der Waals surface area contributed by atoms with Crippen LogP contribution < -0.4 is 10.5 Å². The van der Waals surface area contributed by atoms with Gasteiger partial charge in [-0.3, -0.25) is 5.10 Å². The first kappa shape index (κ1) is 11.4. The zero-order valence-corrected chi connectivity index (χ0v) is 10.2. The number of benzene rings is 1. The number of rotatable bonds is 3. The molecular formula is C12H16N4O. The van der Waals surface area contributed by atoms with Gasteiger partial charge in [-0.2, -0.15) is 5.10 Å². The molecule has 0 fully saturated rings. The maximum Gasteiger partial charge on any atom is 0.181 e. The maximum absolute atomic E-state index is 5.76. The van der Waals surface area contributed by atoms with Crippen molar-refractivity contribution in [3.05, 3.63) is 24.0 Å². The molecule has 90 valence electrons. The van der Waals surface area contributed by atoms with Crippen LogP contribution in [0.2, 0.25) is 0 Å². The summed E-state index contributed by atoms with van der Waals surface area (Å²) in [6, 6.07) is 5.51. The normalized spacial score (nSPS) is 10.8. The SMILES string of the molecule is COc1cc(-c2n[nH]c(C(C)C)n2)ccc1N. The summed E-state index contributed by atoms with van der Waals surface area (Å²) in [7, 11) is 1.59.